The van der Waals surface area contributed by atoms with Gasteiger partial charge >= 0.3 is 6.09 Å². The van der Waals surface area contributed by atoms with Crippen molar-refractivity contribution in [2.45, 2.75) is 45.8 Å². The maximum Gasteiger partial charge on any atom is 0.434 e. The summed E-state index contributed by atoms with van der Waals surface area (Å²) in [5.74, 6) is 0. The molecule has 1 atom stereocenters. The normalized spacial score (nSPS) is 12.9. The number of amides is 1. The van der Waals surface area contributed by atoms with Gasteiger partial charge in [-0.15, -0.1) is 0 Å². The molecule has 0 saturated carbocycles. The lowest BCUT2D eigenvalue weighted by Gasteiger charge is -2.26. The average molecular weight is 251 g/mol. The van der Waals surface area contributed by atoms with E-state index < -0.39 is 11.7 Å². The van der Waals surface area contributed by atoms with Gasteiger partial charge < -0.3 is 4.74 Å². The van der Waals surface area contributed by atoms with Crippen LogP contribution in [-0.4, -0.2) is 28.0 Å². The van der Waals surface area contributed by atoms with Gasteiger partial charge in [0, 0.05) is 0 Å². The van der Waals surface area contributed by atoms with Crippen LogP contribution in [0.5, 0.6) is 0 Å². The summed E-state index contributed by atoms with van der Waals surface area (Å²) in [4.78, 5) is 11.6. The second-order valence-corrected chi connectivity index (χ2v) is 5.36. The Balaban J connectivity index is 2.56. The van der Waals surface area contributed by atoms with Gasteiger partial charge in [0.25, 0.3) is 0 Å². The number of rotatable bonds is 3. The Kier molecular flexibility index (Phi) is 4.73. The van der Waals surface area contributed by atoms with Crippen molar-refractivity contribution in [2.75, 3.05) is 0 Å². The largest absolute Gasteiger partial charge is 0.442 e. The van der Waals surface area contributed by atoms with Crippen molar-refractivity contribution < 1.29 is 14.7 Å². The molecular formula is C14H21NO3. The molecule has 0 radical (unpaired) electrons. The van der Waals surface area contributed by atoms with Gasteiger partial charge in [0.1, 0.15) is 5.60 Å². The fraction of sp³-hybridized carbons (Fsp3) is 0.500. The highest BCUT2D eigenvalue weighted by Crippen LogP contribution is 2.12. The van der Waals surface area contributed by atoms with E-state index in [1.54, 1.807) is 27.7 Å². The Bertz CT molecular complexity index is 384. The number of carbonyl (C=O) groups excluding carboxylic acids is 1. The molecule has 4 heteroatoms. The highest BCUT2D eigenvalue weighted by molar-refractivity contribution is 5.67. The molecule has 0 spiro atoms. The quantitative estimate of drug-likeness (QED) is 0.662. The predicted molar refractivity (Wildman–Crippen MR) is 69.5 cm³/mol. The molecule has 1 aromatic carbocycles. The first kappa shape index (κ1) is 14.5. The molecule has 4 nitrogen and oxygen atoms in total. The van der Waals surface area contributed by atoms with Gasteiger partial charge in [-0.25, -0.2) is 4.79 Å². The molecule has 0 saturated heterocycles. The van der Waals surface area contributed by atoms with Crippen molar-refractivity contribution in [1.82, 2.24) is 5.06 Å². The molecule has 1 N–H and O–H groups in total. The van der Waals surface area contributed by atoms with Crippen LogP contribution in [0.2, 0.25) is 0 Å². The van der Waals surface area contributed by atoms with Gasteiger partial charge in [0.05, 0.1) is 6.04 Å². The van der Waals surface area contributed by atoms with Crippen LogP contribution in [0.4, 0.5) is 4.79 Å². The number of carbonyl (C=O) groups is 1. The molecule has 0 aliphatic carbocycles. The Labute approximate surface area is 108 Å². The number of nitrogens with zero attached hydrogens (tertiary/aromatic N) is 1. The number of benzene rings is 1. The van der Waals surface area contributed by atoms with Crippen molar-refractivity contribution >= 4 is 6.09 Å². The maximum atomic E-state index is 11.6. The lowest BCUT2D eigenvalue weighted by atomic mass is 10.1. The van der Waals surface area contributed by atoms with Crippen LogP contribution in [-0.2, 0) is 11.2 Å². The summed E-state index contributed by atoms with van der Waals surface area (Å²) in [6.07, 6.45) is -0.137. The first-order valence-corrected chi connectivity index (χ1v) is 6.04. The van der Waals surface area contributed by atoms with Gasteiger partial charge in [-0.1, -0.05) is 30.3 Å². The summed E-state index contributed by atoms with van der Waals surface area (Å²) in [5.41, 5.74) is 0.456. The van der Waals surface area contributed by atoms with Crippen LogP contribution >= 0.6 is 0 Å². The van der Waals surface area contributed by atoms with Crippen LogP contribution in [0.1, 0.15) is 33.3 Å². The second kappa shape index (κ2) is 5.87. The van der Waals surface area contributed by atoms with E-state index in [1.807, 2.05) is 30.3 Å². The van der Waals surface area contributed by atoms with E-state index in [0.29, 0.717) is 11.5 Å². The molecule has 1 rings (SSSR count). The molecule has 0 aromatic heterocycles. The summed E-state index contributed by atoms with van der Waals surface area (Å²) >= 11 is 0. The SMILES string of the molecule is C[C@H](Cc1ccccc1)N(O)C(=O)OC(C)(C)C. The van der Waals surface area contributed by atoms with E-state index >= 15 is 0 Å². The van der Waals surface area contributed by atoms with Crippen LogP contribution in [0.15, 0.2) is 30.3 Å². The van der Waals surface area contributed by atoms with Crippen LogP contribution in [0.3, 0.4) is 0 Å². The minimum Gasteiger partial charge on any atom is -0.442 e. The summed E-state index contributed by atoms with van der Waals surface area (Å²) in [6, 6.07) is 9.37. The Morgan fingerprint density at radius 3 is 2.39 bits per heavy atom. The number of hydrogen-bond donors (Lipinski definition) is 1. The van der Waals surface area contributed by atoms with E-state index in [4.69, 9.17) is 4.74 Å². The molecular weight excluding hydrogens is 230 g/mol. The highest BCUT2D eigenvalue weighted by Gasteiger charge is 2.24. The Morgan fingerprint density at radius 1 is 1.33 bits per heavy atom. The lowest BCUT2D eigenvalue weighted by molar-refractivity contribution is -0.116. The third-order valence-electron chi connectivity index (χ3n) is 2.37. The van der Waals surface area contributed by atoms with E-state index in [2.05, 4.69) is 0 Å². The topological polar surface area (TPSA) is 49.8 Å². The Hall–Kier alpha value is -1.55. The van der Waals surface area contributed by atoms with Crippen molar-refractivity contribution in [3.63, 3.8) is 0 Å². The van der Waals surface area contributed by atoms with Gasteiger partial charge in [-0.3, -0.25) is 5.21 Å². The minimum absolute atomic E-state index is 0.331. The average Bonchev–Trinajstić information content (AvgIpc) is 2.27. The second-order valence-electron chi connectivity index (χ2n) is 5.36. The monoisotopic (exact) mass is 251 g/mol. The molecule has 0 unspecified atom stereocenters. The van der Waals surface area contributed by atoms with Gasteiger partial charge in [0.15, 0.2) is 0 Å². The highest BCUT2D eigenvalue weighted by atomic mass is 16.6. The number of ether oxygens (including phenoxy) is 1. The molecule has 1 aromatic rings. The summed E-state index contributed by atoms with van der Waals surface area (Å²) in [6.45, 7) is 7.07. The molecule has 0 fully saturated rings. The zero-order chi connectivity index (χ0) is 13.8. The molecule has 100 valence electrons. The predicted octanol–water partition coefficient (Wildman–Crippen LogP) is 3.24. The molecule has 1 amide bonds. The lowest BCUT2D eigenvalue weighted by Crippen LogP contribution is -2.40. The standard InChI is InChI=1S/C14H21NO3/c1-11(10-12-8-6-5-7-9-12)15(17)13(16)18-14(2,3)4/h5-9,11,17H,10H2,1-4H3/t11-/m1/s1. The fourth-order valence-corrected chi connectivity index (χ4v) is 1.53. The summed E-state index contributed by atoms with van der Waals surface area (Å²) in [7, 11) is 0. The molecule has 18 heavy (non-hydrogen) atoms. The number of hydroxylamine groups is 2. The van der Waals surface area contributed by atoms with Gasteiger partial charge in [0.2, 0.25) is 0 Å². The van der Waals surface area contributed by atoms with Gasteiger partial charge in [-0.2, -0.15) is 5.06 Å². The van der Waals surface area contributed by atoms with E-state index in [9.17, 15) is 10.0 Å². The first-order chi connectivity index (χ1) is 8.29. The fourth-order valence-electron chi connectivity index (χ4n) is 1.53. The van der Waals surface area contributed by atoms with Crippen LogP contribution < -0.4 is 0 Å². The third-order valence-corrected chi connectivity index (χ3v) is 2.37. The van der Waals surface area contributed by atoms with E-state index in [0.717, 1.165) is 5.56 Å². The molecule has 0 aliphatic rings. The van der Waals surface area contributed by atoms with Crippen LogP contribution in [0.25, 0.3) is 0 Å². The zero-order valence-electron chi connectivity index (χ0n) is 11.4. The van der Waals surface area contributed by atoms with Crippen LogP contribution in [0, 0.1) is 0 Å². The minimum atomic E-state index is -0.717. The zero-order valence-corrected chi connectivity index (χ0v) is 11.4. The maximum absolute atomic E-state index is 11.6. The first-order valence-electron chi connectivity index (χ1n) is 6.04. The third kappa shape index (κ3) is 4.75. The molecule has 0 bridgehead atoms. The van der Waals surface area contributed by atoms with Gasteiger partial charge in [-0.05, 0) is 39.7 Å². The molecule has 0 heterocycles. The number of hydrogen-bond acceptors (Lipinski definition) is 3. The van der Waals surface area contributed by atoms with Crippen molar-refractivity contribution in [3.8, 4) is 0 Å². The molecule has 0 aliphatic heterocycles. The summed E-state index contributed by atoms with van der Waals surface area (Å²) in [5, 5.41) is 10.4. The van der Waals surface area contributed by atoms with E-state index in [-0.39, 0.29) is 6.04 Å². The van der Waals surface area contributed by atoms with Crippen molar-refractivity contribution in [2.24, 2.45) is 0 Å². The Morgan fingerprint density at radius 2 is 1.89 bits per heavy atom. The smallest absolute Gasteiger partial charge is 0.434 e. The summed E-state index contributed by atoms with van der Waals surface area (Å²) < 4.78 is 5.10. The van der Waals surface area contributed by atoms with E-state index in [1.165, 1.54) is 0 Å². The van der Waals surface area contributed by atoms with Crippen molar-refractivity contribution in [3.05, 3.63) is 35.9 Å². The van der Waals surface area contributed by atoms with Crippen molar-refractivity contribution in [1.29, 1.82) is 0 Å².